The smallest absolute Gasteiger partial charge is 0.213 e. The molecule has 0 spiro atoms. The predicted octanol–water partition coefficient (Wildman–Crippen LogP) is 0.907. The van der Waals surface area contributed by atoms with E-state index in [0.717, 1.165) is 0 Å². The zero-order valence-electron chi connectivity index (χ0n) is 6.41. The molecule has 0 unspecified atom stereocenters. The standard InChI is InChI=1S/C8H10NO2/c1-10-6-7-11-8-4-2-3-5-9-8/h2-4H,6-7H2,1H3. The van der Waals surface area contributed by atoms with Crippen molar-refractivity contribution in [2.45, 2.75) is 0 Å². The Kier molecular flexibility index (Phi) is 3.41. The molecule has 0 bridgehead atoms. The maximum absolute atomic E-state index is 5.18. The highest BCUT2D eigenvalue weighted by atomic mass is 16.5. The molecule has 0 aliphatic heterocycles. The minimum Gasteiger partial charge on any atom is -0.475 e. The van der Waals surface area contributed by atoms with E-state index in [1.807, 2.05) is 6.07 Å². The van der Waals surface area contributed by atoms with Crippen LogP contribution in [0.1, 0.15) is 0 Å². The fraction of sp³-hybridized carbons (Fsp3) is 0.375. The van der Waals surface area contributed by atoms with Gasteiger partial charge in [0, 0.05) is 13.2 Å². The minimum atomic E-state index is 0.529. The van der Waals surface area contributed by atoms with Crippen LogP contribution in [0.3, 0.4) is 0 Å². The fourth-order valence-corrected chi connectivity index (χ4v) is 0.622. The van der Waals surface area contributed by atoms with Gasteiger partial charge in [-0.1, -0.05) is 6.07 Å². The molecule has 3 heteroatoms. The SMILES string of the molecule is COCCOc1ccc[c]n1. The second-order valence-electron chi connectivity index (χ2n) is 1.95. The third-order valence-corrected chi connectivity index (χ3v) is 1.12. The van der Waals surface area contributed by atoms with Gasteiger partial charge in [0.05, 0.1) is 12.8 Å². The third kappa shape index (κ3) is 3.00. The van der Waals surface area contributed by atoms with E-state index in [-0.39, 0.29) is 0 Å². The van der Waals surface area contributed by atoms with E-state index in [0.29, 0.717) is 19.1 Å². The van der Waals surface area contributed by atoms with Crippen molar-refractivity contribution in [1.82, 2.24) is 4.98 Å². The van der Waals surface area contributed by atoms with E-state index in [4.69, 9.17) is 9.47 Å². The Morgan fingerprint density at radius 1 is 1.55 bits per heavy atom. The molecule has 0 N–H and O–H groups in total. The number of hydrogen-bond donors (Lipinski definition) is 0. The van der Waals surface area contributed by atoms with E-state index >= 15 is 0 Å². The number of pyridine rings is 1. The van der Waals surface area contributed by atoms with Gasteiger partial charge >= 0.3 is 0 Å². The van der Waals surface area contributed by atoms with E-state index in [1.54, 1.807) is 19.2 Å². The molecule has 3 nitrogen and oxygen atoms in total. The van der Waals surface area contributed by atoms with Crippen LogP contribution in [0.2, 0.25) is 0 Å². The Morgan fingerprint density at radius 2 is 2.45 bits per heavy atom. The van der Waals surface area contributed by atoms with E-state index in [9.17, 15) is 0 Å². The lowest BCUT2D eigenvalue weighted by atomic mass is 10.5. The first-order valence-corrected chi connectivity index (χ1v) is 3.38. The summed E-state index contributed by atoms with van der Waals surface area (Å²) in [4.78, 5) is 3.85. The van der Waals surface area contributed by atoms with Crippen molar-refractivity contribution >= 4 is 0 Å². The summed E-state index contributed by atoms with van der Waals surface area (Å²) in [5, 5.41) is 0. The molecule has 1 aromatic heterocycles. The molecule has 0 aliphatic carbocycles. The van der Waals surface area contributed by atoms with Gasteiger partial charge in [-0.15, -0.1) is 0 Å². The highest BCUT2D eigenvalue weighted by molar-refractivity contribution is 5.08. The summed E-state index contributed by atoms with van der Waals surface area (Å²) >= 11 is 0. The molecule has 0 saturated heterocycles. The Bertz CT molecular complexity index is 189. The number of aromatic nitrogens is 1. The first-order chi connectivity index (χ1) is 5.43. The van der Waals surface area contributed by atoms with Crippen molar-refractivity contribution < 1.29 is 9.47 Å². The van der Waals surface area contributed by atoms with Crippen LogP contribution in [-0.4, -0.2) is 25.3 Å². The molecule has 1 radical (unpaired) electrons. The molecule has 11 heavy (non-hydrogen) atoms. The van der Waals surface area contributed by atoms with Gasteiger partial charge in [0.15, 0.2) is 0 Å². The summed E-state index contributed by atoms with van der Waals surface area (Å²) in [6.07, 6.45) is 2.67. The quantitative estimate of drug-likeness (QED) is 0.601. The van der Waals surface area contributed by atoms with Crippen molar-refractivity contribution in [2.24, 2.45) is 0 Å². The lowest BCUT2D eigenvalue weighted by Gasteiger charge is -2.01. The van der Waals surface area contributed by atoms with Crippen molar-refractivity contribution in [1.29, 1.82) is 0 Å². The highest BCUT2D eigenvalue weighted by Gasteiger charge is 1.90. The van der Waals surface area contributed by atoms with Crippen LogP contribution in [0.25, 0.3) is 0 Å². The van der Waals surface area contributed by atoms with Crippen molar-refractivity contribution in [3.05, 3.63) is 24.4 Å². The Labute approximate surface area is 66.0 Å². The molecule has 1 heterocycles. The van der Waals surface area contributed by atoms with Crippen LogP contribution < -0.4 is 4.74 Å². The van der Waals surface area contributed by atoms with E-state index in [1.165, 1.54) is 0 Å². The van der Waals surface area contributed by atoms with Crippen LogP contribution in [-0.2, 0) is 4.74 Å². The van der Waals surface area contributed by atoms with Gasteiger partial charge < -0.3 is 9.47 Å². The van der Waals surface area contributed by atoms with E-state index in [2.05, 4.69) is 11.2 Å². The summed E-state index contributed by atoms with van der Waals surface area (Å²) < 4.78 is 9.98. The van der Waals surface area contributed by atoms with Gasteiger partial charge in [-0.25, -0.2) is 4.98 Å². The third-order valence-electron chi connectivity index (χ3n) is 1.12. The molecule has 0 atom stereocenters. The van der Waals surface area contributed by atoms with Crippen LogP contribution in [0.4, 0.5) is 0 Å². The average Bonchev–Trinajstić information content (AvgIpc) is 2.07. The molecular formula is C8H10NO2. The Hall–Kier alpha value is -1.09. The van der Waals surface area contributed by atoms with Crippen LogP contribution in [0.15, 0.2) is 18.2 Å². The number of hydrogen-bond acceptors (Lipinski definition) is 3. The zero-order valence-corrected chi connectivity index (χ0v) is 6.41. The second kappa shape index (κ2) is 4.68. The lowest BCUT2D eigenvalue weighted by Crippen LogP contribution is -2.04. The molecule has 0 saturated carbocycles. The van der Waals surface area contributed by atoms with Gasteiger partial charge in [0.1, 0.15) is 6.61 Å². The normalized spacial score (nSPS) is 9.55. The van der Waals surface area contributed by atoms with E-state index < -0.39 is 0 Å². The van der Waals surface area contributed by atoms with Gasteiger partial charge in [0.2, 0.25) is 5.88 Å². The highest BCUT2D eigenvalue weighted by Crippen LogP contribution is 2.01. The first-order valence-electron chi connectivity index (χ1n) is 3.38. The summed E-state index contributed by atoms with van der Waals surface area (Å²) in [7, 11) is 1.63. The monoisotopic (exact) mass is 152 g/mol. The molecule has 0 fully saturated rings. The predicted molar refractivity (Wildman–Crippen MR) is 40.4 cm³/mol. The molecule has 1 aromatic rings. The van der Waals surface area contributed by atoms with Crippen LogP contribution >= 0.6 is 0 Å². The van der Waals surface area contributed by atoms with Gasteiger partial charge in [0.25, 0.3) is 0 Å². The zero-order chi connectivity index (χ0) is 7.94. The number of rotatable bonds is 4. The molecule has 0 amide bonds. The van der Waals surface area contributed by atoms with Crippen molar-refractivity contribution in [3.63, 3.8) is 0 Å². The fourth-order valence-electron chi connectivity index (χ4n) is 0.622. The summed E-state index contributed by atoms with van der Waals surface area (Å²) in [5.41, 5.74) is 0. The van der Waals surface area contributed by atoms with Crippen LogP contribution in [0, 0.1) is 6.20 Å². The van der Waals surface area contributed by atoms with Gasteiger partial charge in [-0.3, -0.25) is 0 Å². The Morgan fingerprint density at radius 3 is 3.09 bits per heavy atom. The van der Waals surface area contributed by atoms with Crippen molar-refractivity contribution in [3.8, 4) is 5.88 Å². The molecule has 0 aliphatic rings. The lowest BCUT2D eigenvalue weighted by molar-refractivity contribution is 0.143. The summed E-state index contributed by atoms with van der Waals surface area (Å²) in [6, 6.07) is 5.34. The first kappa shape index (κ1) is 8.01. The van der Waals surface area contributed by atoms with Gasteiger partial charge in [-0.05, 0) is 6.07 Å². The largest absolute Gasteiger partial charge is 0.475 e. The topological polar surface area (TPSA) is 31.4 Å². The maximum atomic E-state index is 5.18. The summed E-state index contributed by atoms with van der Waals surface area (Å²) in [6.45, 7) is 1.11. The molecule has 1 rings (SSSR count). The second-order valence-corrected chi connectivity index (χ2v) is 1.95. The minimum absolute atomic E-state index is 0.529. The number of ether oxygens (including phenoxy) is 2. The summed E-state index contributed by atoms with van der Waals surface area (Å²) in [5.74, 6) is 0.588. The Balaban J connectivity index is 2.28. The van der Waals surface area contributed by atoms with Gasteiger partial charge in [-0.2, -0.15) is 0 Å². The average molecular weight is 152 g/mol. The molecular weight excluding hydrogens is 142 g/mol. The number of nitrogens with zero attached hydrogens (tertiary/aromatic N) is 1. The molecule has 59 valence electrons. The number of methoxy groups -OCH3 is 1. The maximum Gasteiger partial charge on any atom is 0.213 e. The molecule has 0 aromatic carbocycles. The van der Waals surface area contributed by atoms with Crippen molar-refractivity contribution in [2.75, 3.05) is 20.3 Å². The van der Waals surface area contributed by atoms with Crippen LogP contribution in [0.5, 0.6) is 5.88 Å².